The highest BCUT2D eigenvalue weighted by Gasteiger charge is 2.33. The first-order chi connectivity index (χ1) is 9.18. The van der Waals surface area contributed by atoms with Crippen LogP contribution in [0.3, 0.4) is 0 Å². The molecule has 0 spiro atoms. The van der Waals surface area contributed by atoms with Crippen molar-refractivity contribution in [1.82, 2.24) is 0 Å². The third kappa shape index (κ3) is 1.78. The van der Waals surface area contributed by atoms with E-state index in [0.29, 0.717) is 16.7 Å². The summed E-state index contributed by atoms with van der Waals surface area (Å²) in [5, 5.41) is 9.20. The number of carbonyl (C=O) groups excluding carboxylic acids is 1. The zero-order valence-electron chi connectivity index (χ0n) is 9.87. The highest BCUT2D eigenvalue weighted by Crippen LogP contribution is 2.36. The van der Waals surface area contributed by atoms with Gasteiger partial charge < -0.3 is 9.84 Å². The Morgan fingerprint density at radius 3 is 2.37 bits per heavy atom. The molecule has 0 saturated carbocycles. The van der Waals surface area contributed by atoms with Crippen LogP contribution in [-0.2, 0) is 4.74 Å². The van der Waals surface area contributed by atoms with E-state index in [1.165, 1.54) is 6.07 Å². The van der Waals surface area contributed by atoms with E-state index >= 15 is 0 Å². The van der Waals surface area contributed by atoms with Crippen LogP contribution >= 0.6 is 0 Å². The van der Waals surface area contributed by atoms with Crippen molar-refractivity contribution in [3.63, 3.8) is 0 Å². The number of aromatic carboxylic acids is 1. The average molecular weight is 254 g/mol. The van der Waals surface area contributed by atoms with E-state index in [9.17, 15) is 14.7 Å². The average Bonchev–Trinajstić information content (AvgIpc) is 2.77. The lowest BCUT2D eigenvalue weighted by Crippen LogP contribution is -2.08. The maximum Gasteiger partial charge on any atom is 0.339 e. The second-order valence-corrected chi connectivity index (χ2v) is 4.27. The summed E-state index contributed by atoms with van der Waals surface area (Å²) >= 11 is 0. The second kappa shape index (κ2) is 4.24. The van der Waals surface area contributed by atoms with E-state index in [2.05, 4.69) is 0 Å². The number of benzene rings is 2. The maximum atomic E-state index is 11.8. The van der Waals surface area contributed by atoms with Crippen LogP contribution in [0.5, 0.6) is 0 Å². The largest absolute Gasteiger partial charge is 0.478 e. The lowest BCUT2D eigenvalue weighted by molar-refractivity contribution is 0.0447. The van der Waals surface area contributed by atoms with Crippen LogP contribution in [0.15, 0.2) is 48.5 Å². The van der Waals surface area contributed by atoms with Gasteiger partial charge in [-0.1, -0.05) is 36.4 Å². The van der Waals surface area contributed by atoms with Gasteiger partial charge in [0.2, 0.25) is 0 Å². The Hall–Kier alpha value is -2.62. The first-order valence-electron chi connectivity index (χ1n) is 5.80. The van der Waals surface area contributed by atoms with Gasteiger partial charge in [0.1, 0.15) is 0 Å². The predicted octanol–water partition coefficient (Wildman–Crippen LogP) is 2.64. The molecule has 2 aromatic carbocycles. The summed E-state index contributed by atoms with van der Waals surface area (Å²) < 4.78 is 5.31. The smallest absolute Gasteiger partial charge is 0.339 e. The Kier molecular flexibility index (Phi) is 2.56. The number of carboxylic acids is 1. The molecule has 1 heterocycles. The fourth-order valence-corrected chi connectivity index (χ4v) is 2.30. The van der Waals surface area contributed by atoms with Gasteiger partial charge >= 0.3 is 11.9 Å². The molecule has 0 fully saturated rings. The molecule has 2 aromatic rings. The molecule has 0 aromatic heterocycles. The van der Waals surface area contributed by atoms with Crippen LogP contribution in [0.4, 0.5) is 0 Å². The highest BCUT2D eigenvalue weighted by molar-refractivity contribution is 5.96. The summed E-state index contributed by atoms with van der Waals surface area (Å²) in [5.41, 5.74) is 1.85. The normalized spacial score (nSPS) is 16.8. The molecule has 0 saturated heterocycles. The predicted molar refractivity (Wildman–Crippen MR) is 67.1 cm³/mol. The second-order valence-electron chi connectivity index (χ2n) is 4.27. The van der Waals surface area contributed by atoms with Gasteiger partial charge in [-0.05, 0) is 12.1 Å². The third-order valence-corrected chi connectivity index (χ3v) is 3.16. The molecule has 4 nitrogen and oxygen atoms in total. The number of fused-ring (bicyclic) bond motifs is 1. The summed E-state index contributed by atoms with van der Waals surface area (Å²) in [6, 6.07) is 13.6. The molecule has 94 valence electrons. The summed E-state index contributed by atoms with van der Waals surface area (Å²) in [6.45, 7) is 0. The number of rotatable bonds is 2. The van der Waals surface area contributed by atoms with E-state index in [4.69, 9.17) is 4.74 Å². The number of ether oxygens (including phenoxy) is 1. The molecule has 1 unspecified atom stereocenters. The van der Waals surface area contributed by atoms with Gasteiger partial charge in [-0.2, -0.15) is 0 Å². The molecule has 0 bridgehead atoms. The van der Waals surface area contributed by atoms with Crippen LogP contribution < -0.4 is 0 Å². The SMILES string of the molecule is O=C(O)c1ccccc1C1OC(=O)c2ccccc21. The number of hydrogen-bond donors (Lipinski definition) is 1. The topological polar surface area (TPSA) is 63.6 Å². The number of cyclic esters (lactones) is 1. The molecule has 1 N–H and O–H groups in total. The Labute approximate surface area is 109 Å². The number of esters is 1. The van der Waals surface area contributed by atoms with E-state index in [-0.39, 0.29) is 5.56 Å². The summed E-state index contributed by atoms with van der Waals surface area (Å²) in [4.78, 5) is 23.0. The minimum atomic E-state index is -1.03. The number of carboxylic acid groups (broad SMARTS) is 1. The van der Waals surface area contributed by atoms with Crippen molar-refractivity contribution < 1.29 is 19.4 Å². The zero-order valence-corrected chi connectivity index (χ0v) is 9.87. The molecule has 0 aliphatic carbocycles. The van der Waals surface area contributed by atoms with E-state index in [1.807, 2.05) is 0 Å². The van der Waals surface area contributed by atoms with Crippen molar-refractivity contribution in [3.8, 4) is 0 Å². The Morgan fingerprint density at radius 2 is 1.63 bits per heavy atom. The lowest BCUT2D eigenvalue weighted by Gasteiger charge is -2.13. The Bertz CT molecular complexity index is 675. The van der Waals surface area contributed by atoms with Gasteiger partial charge in [0, 0.05) is 11.1 Å². The summed E-state index contributed by atoms with van der Waals surface area (Å²) in [5.74, 6) is -1.45. The quantitative estimate of drug-likeness (QED) is 0.837. The van der Waals surface area contributed by atoms with Gasteiger partial charge in [0.25, 0.3) is 0 Å². The third-order valence-electron chi connectivity index (χ3n) is 3.16. The first-order valence-corrected chi connectivity index (χ1v) is 5.80. The van der Waals surface area contributed by atoms with Gasteiger partial charge in [0.05, 0.1) is 11.1 Å². The van der Waals surface area contributed by atoms with Crippen molar-refractivity contribution in [2.24, 2.45) is 0 Å². The Balaban J connectivity index is 2.15. The van der Waals surface area contributed by atoms with E-state index < -0.39 is 18.0 Å². The first kappa shape index (κ1) is 11.5. The van der Waals surface area contributed by atoms with Crippen LogP contribution in [-0.4, -0.2) is 17.0 Å². The molecular formula is C15H10O4. The number of hydrogen-bond acceptors (Lipinski definition) is 3. The van der Waals surface area contributed by atoms with Crippen molar-refractivity contribution in [2.45, 2.75) is 6.10 Å². The summed E-state index contributed by atoms with van der Waals surface area (Å²) in [7, 11) is 0. The van der Waals surface area contributed by atoms with Crippen molar-refractivity contribution in [2.75, 3.05) is 0 Å². The zero-order chi connectivity index (χ0) is 13.4. The molecule has 0 amide bonds. The van der Waals surface area contributed by atoms with Gasteiger partial charge in [-0.15, -0.1) is 0 Å². The molecule has 3 rings (SSSR count). The Morgan fingerprint density at radius 1 is 1.00 bits per heavy atom. The van der Waals surface area contributed by atoms with E-state index in [1.54, 1.807) is 42.5 Å². The lowest BCUT2D eigenvalue weighted by atomic mass is 9.95. The minimum absolute atomic E-state index is 0.150. The van der Waals surface area contributed by atoms with E-state index in [0.717, 1.165) is 0 Å². The van der Waals surface area contributed by atoms with Crippen LogP contribution in [0.2, 0.25) is 0 Å². The molecule has 0 radical (unpaired) electrons. The van der Waals surface area contributed by atoms with Crippen molar-refractivity contribution in [1.29, 1.82) is 0 Å². The minimum Gasteiger partial charge on any atom is -0.478 e. The fourth-order valence-electron chi connectivity index (χ4n) is 2.30. The van der Waals surface area contributed by atoms with Crippen LogP contribution in [0, 0.1) is 0 Å². The van der Waals surface area contributed by atoms with Crippen LogP contribution in [0.25, 0.3) is 0 Å². The maximum absolute atomic E-state index is 11.8. The summed E-state index contributed by atoms with van der Waals surface area (Å²) in [6.07, 6.45) is -0.643. The molecular weight excluding hydrogens is 244 g/mol. The molecule has 1 aliphatic rings. The van der Waals surface area contributed by atoms with Crippen LogP contribution in [0.1, 0.15) is 37.9 Å². The van der Waals surface area contributed by atoms with Gasteiger partial charge in [-0.3, -0.25) is 0 Å². The molecule has 19 heavy (non-hydrogen) atoms. The molecule has 4 heteroatoms. The molecule has 1 atom stereocenters. The van der Waals surface area contributed by atoms with Gasteiger partial charge in [0.15, 0.2) is 6.10 Å². The standard InChI is InChI=1S/C15H10O4/c16-14(17)11-7-3-1-5-9(11)13-10-6-2-4-8-12(10)15(18)19-13/h1-8,13H,(H,16,17). The van der Waals surface area contributed by atoms with Crippen molar-refractivity contribution >= 4 is 11.9 Å². The monoisotopic (exact) mass is 254 g/mol. The fraction of sp³-hybridized carbons (Fsp3) is 0.0667. The van der Waals surface area contributed by atoms with Crippen molar-refractivity contribution in [3.05, 3.63) is 70.8 Å². The number of carbonyl (C=O) groups is 2. The highest BCUT2D eigenvalue weighted by atomic mass is 16.5. The van der Waals surface area contributed by atoms with Gasteiger partial charge in [-0.25, -0.2) is 9.59 Å². The molecule has 1 aliphatic heterocycles.